The molecule has 1 atom stereocenters. The van der Waals surface area contributed by atoms with Gasteiger partial charge in [0.25, 0.3) is 0 Å². The monoisotopic (exact) mass is 422 g/mol. The Labute approximate surface area is 169 Å². The first-order valence-electron chi connectivity index (χ1n) is 8.66. The summed E-state index contributed by atoms with van der Waals surface area (Å²) in [6.07, 6.45) is 1.02. The minimum atomic E-state index is -3.83. The highest BCUT2D eigenvalue weighted by Crippen LogP contribution is 2.36. The van der Waals surface area contributed by atoms with Crippen LogP contribution in [-0.2, 0) is 14.8 Å². The molecule has 1 aliphatic heterocycles. The van der Waals surface area contributed by atoms with E-state index < -0.39 is 22.0 Å². The molecule has 0 radical (unpaired) electrons. The van der Waals surface area contributed by atoms with Crippen LogP contribution in [0.5, 0.6) is 23.0 Å². The second-order valence-electron chi connectivity index (χ2n) is 6.33. The highest BCUT2D eigenvalue weighted by Gasteiger charge is 2.32. The molecule has 0 aromatic heterocycles. The Bertz CT molecular complexity index is 1020. The normalized spacial score (nSPS) is 13.5. The van der Waals surface area contributed by atoms with E-state index in [0.717, 1.165) is 10.6 Å². The fourth-order valence-electron chi connectivity index (χ4n) is 2.97. The molecule has 0 bridgehead atoms. The topological polar surface area (TPSA) is 103 Å². The number of methoxy groups -OCH3 is 2. The van der Waals surface area contributed by atoms with E-state index in [2.05, 4.69) is 5.32 Å². The van der Waals surface area contributed by atoms with Gasteiger partial charge in [0.2, 0.25) is 22.7 Å². The Hall–Kier alpha value is -3.14. The van der Waals surface area contributed by atoms with Gasteiger partial charge >= 0.3 is 0 Å². The summed E-state index contributed by atoms with van der Waals surface area (Å²) in [5.41, 5.74) is 0.653. The first-order chi connectivity index (χ1) is 13.7. The van der Waals surface area contributed by atoms with Crippen LogP contribution in [0.3, 0.4) is 0 Å². The van der Waals surface area contributed by atoms with Gasteiger partial charge in [0.15, 0.2) is 11.5 Å². The third-order valence-corrected chi connectivity index (χ3v) is 5.58. The molecule has 2 aromatic carbocycles. The average Bonchev–Trinajstić information content (AvgIpc) is 3.14. The summed E-state index contributed by atoms with van der Waals surface area (Å²) in [5.74, 6) is 1.27. The summed E-state index contributed by atoms with van der Waals surface area (Å²) < 4.78 is 47.2. The van der Waals surface area contributed by atoms with E-state index in [9.17, 15) is 13.2 Å². The quantitative estimate of drug-likeness (QED) is 0.730. The maximum atomic E-state index is 12.9. The van der Waals surface area contributed by atoms with Gasteiger partial charge in [-0.2, -0.15) is 0 Å². The van der Waals surface area contributed by atoms with Gasteiger partial charge in [-0.1, -0.05) is 0 Å². The van der Waals surface area contributed by atoms with Crippen LogP contribution < -0.4 is 28.6 Å². The van der Waals surface area contributed by atoms with Gasteiger partial charge in [-0.15, -0.1) is 0 Å². The summed E-state index contributed by atoms with van der Waals surface area (Å²) in [7, 11) is -0.945. The number of sulfonamides is 1. The summed E-state index contributed by atoms with van der Waals surface area (Å²) >= 11 is 0. The number of nitrogens with one attached hydrogen (secondary N) is 1. The van der Waals surface area contributed by atoms with Crippen molar-refractivity contribution in [3.05, 3.63) is 36.4 Å². The van der Waals surface area contributed by atoms with Crippen LogP contribution in [0.15, 0.2) is 36.4 Å². The van der Waals surface area contributed by atoms with Crippen LogP contribution in [0, 0.1) is 0 Å². The summed E-state index contributed by atoms with van der Waals surface area (Å²) in [4.78, 5) is 12.9. The van der Waals surface area contributed by atoms with E-state index in [4.69, 9.17) is 18.9 Å². The predicted octanol–water partition coefficient (Wildman–Crippen LogP) is 2.23. The zero-order valence-corrected chi connectivity index (χ0v) is 17.3. The minimum Gasteiger partial charge on any atom is -0.497 e. The second-order valence-corrected chi connectivity index (χ2v) is 8.19. The maximum absolute atomic E-state index is 12.9. The van der Waals surface area contributed by atoms with E-state index in [1.807, 2.05) is 0 Å². The van der Waals surface area contributed by atoms with Gasteiger partial charge in [0, 0.05) is 17.8 Å². The number of benzene rings is 2. The van der Waals surface area contributed by atoms with Crippen molar-refractivity contribution in [3.63, 3.8) is 0 Å². The molecule has 0 saturated heterocycles. The zero-order chi connectivity index (χ0) is 21.2. The van der Waals surface area contributed by atoms with E-state index in [1.54, 1.807) is 30.3 Å². The molecule has 1 heterocycles. The average molecular weight is 422 g/mol. The smallest absolute Gasteiger partial charge is 0.247 e. The Balaban J connectivity index is 1.92. The lowest BCUT2D eigenvalue weighted by atomic mass is 10.2. The van der Waals surface area contributed by atoms with Crippen LogP contribution in [0.1, 0.15) is 6.92 Å². The standard InChI is InChI=1S/C19H22N2O7S/c1-12(19(22)20-13-5-7-17-18(9-13)28-11-27-17)21(29(4,23)24)15-10-14(25-2)6-8-16(15)26-3/h5-10,12H,11H2,1-4H3,(H,20,22)/t12-/m0/s1. The van der Waals surface area contributed by atoms with Gasteiger partial charge in [-0.25, -0.2) is 8.42 Å². The number of fused-ring (bicyclic) bond motifs is 1. The molecule has 0 saturated carbocycles. The van der Waals surface area contributed by atoms with E-state index in [-0.39, 0.29) is 12.5 Å². The number of ether oxygens (including phenoxy) is 4. The fraction of sp³-hybridized carbons (Fsp3) is 0.316. The van der Waals surface area contributed by atoms with Crippen molar-refractivity contribution < 1.29 is 32.2 Å². The number of amides is 1. The fourth-order valence-corrected chi connectivity index (χ4v) is 4.14. The number of nitrogens with zero attached hydrogens (tertiary/aromatic N) is 1. The van der Waals surface area contributed by atoms with Crippen LogP contribution in [0.4, 0.5) is 11.4 Å². The first-order valence-corrected chi connectivity index (χ1v) is 10.5. The molecule has 2 aromatic rings. The predicted molar refractivity (Wildman–Crippen MR) is 108 cm³/mol. The maximum Gasteiger partial charge on any atom is 0.247 e. The number of hydrogen-bond donors (Lipinski definition) is 1. The van der Waals surface area contributed by atoms with Crippen LogP contribution >= 0.6 is 0 Å². The number of carbonyl (C=O) groups excluding carboxylic acids is 1. The second kappa shape index (κ2) is 8.08. The zero-order valence-electron chi connectivity index (χ0n) is 16.5. The Morgan fingerprint density at radius 2 is 1.83 bits per heavy atom. The van der Waals surface area contributed by atoms with Crippen LogP contribution in [0.25, 0.3) is 0 Å². The van der Waals surface area contributed by atoms with E-state index in [0.29, 0.717) is 28.7 Å². The van der Waals surface area contributed by atoms with Gasteiger partial charge in [-0.3, -0.25) is 9.10 Å². The summed E-state index contributed by atoms with van der Waals surface area (Å²) in [6.45, 7) is 1.60. The lowest BCUT2D eigenvalue weighted by molar-refractivity contribution is -0.116. The largest absolute Gasteiger partial charge is 0.497 e. The van der Waals surface area contributed by atoms with Gasteiger partial charge in [0.1, 0.15) is 17.5 Å². The minimum absolute atomic E-state index is 0.112. The molecule has 0 aliphatic carbocycles. The van der Waals surface area contributed by atoms with Crippen molar-refractivity contribution >= 4 is 27.3 Å². The number of anilines is 2. The number of rotatable bonds is 7. The molecule has 3 rings (SSSR count). The van der Waals surface area contributed by atoms with Crippen molar-refractivity contribution in [2.24, 2.45) is 0 Å². The molecular weight excluding hydrogens is 400 g/mol. The molecule has 0 fully saturated rings. The third kappa shape index (κ3) is 4.32. The van der Waals surface area contributed by atoms with E-state index >= 15 is 0 Å². The SMILES string of the molecule is COc1ccc(OC)c(N([C@@H](C)C(=O)Nc2ccc3c(c2)OCO3)S(C)(=O)=O)c1. The Kier molecular flexibility index (Phi) is 5.73. The van der Waals surface area contributed by atoms with Crippen LogP contribution in [0.2, 0.25) is 0 Å². The molecule has 0 unspecified atom stereocenters. The van der Waals surface area contributed by atoms with Crippen molar-refractivity contribution in [3.8, 4) is 23.0 Å². The lowest BCUT2D eigenvalue weighted by Gasteiger charge is -2.29. The number of carbonyl (C=O) groups is 1. The highest BCUT2D eigenvalue weighted by atomic mass is 32.2. The summed E-state index contributed by atoms with van der Waals surface area (Å²) in [6, 6.07) is 8.58. The molecule has 10 heteroatoms. The molecule has 9 nitrogen and oxygen atoms in total. The van der Waals surface area contributed by atoms with Gasteiger partial charge in [0.05, 0.1) is 26.2 Å². The lowest BCUT2D eigenvalue weighted by Crippen LogP contribution is -2.45. The number of hydrogen-bond acceptors (Lipinski definition) is 7. The van der Waals surface area contributed by atoms with E-state index in [1.165, 1.54) is 27.2 Å². The van der Waals surface area contributed by atoms with Crippen molar-refractivity contribution in [2.75, 3.05) is 36.9 Å². The molecular formula is C19H22N2O7S. The Morgan fingerprint density at radius 1 is 1.10 bits per heavy atom. The molecule has 1 amide bonds. The van der Waals surface area contributed by atoms with Crippen molar-refractivity contribution in [1.29, 1.82) is 0 Å². The molecule has 0 spiro atoms. The molecule has 1 N–H and O–H groups in total. The molecule has 29 heavy (non-hydrogen) atoms. The highest BCUT2D eigenvalue weighted by molar-refractivity contribution is 7.92. The molecule has 1 aliphatic rings. The third-order valence-electron chi connectivity index (χ3n) is 4.35. The van der Waals surface area contributed by atoms with Gasteiger partial charge in [-0.05, 0) is 31.2 Å². The Morgan fingerprint density at radius 3 is 2.48 bits per heavy atom. The van der Waals surface area contributed by atoms with Crippen molar-refractivity contribution in [2.45, 2.75) is 13.0 Å². The van der Waals surface area contributed by atoms with Crippen LogP contribution in [-0.4, -0.2) is 47.6 Å². The molecule has 156 valence electrons. The van der Waals surface area contributed by atoms with Crippen molar-refractivity contribution in [1.82, 2.24) is 0 Å². The summed E-state index contributed by atoms with van der Waals surface area (Å²) in [5, 5.41) is 2.71. The van der Waals surface area contributed by atoms with Gasteiger partial charge < -0.3 is 24.3 Å². The first kappa shape index (κ1) is 20.6.